The SMILES string of the molecule is CCCc1n[nH]c(=S)n1CC(=O)Nc1cc(-c2cc(F)cc(Br)c2)[nH]n1. The Labute approximate surface area is 162 Å². The van der Waals surface area contributed by atoms with Crippen molar-refractivity contribution in [2.24, 2.45) is 0 Å². The second-order valence-electron chi connectivity index (χ2n) is 5.65. The zero-order chi connectivity index (χ0) is 18.7. The van der Waals surface area contributed by atoms with Crippen LogP contribution < -0.4 is 5.32 Å². The summed E-state index contributed by atoms with van der Waals surface area (Å²) in [4.78, 5) is 12.3. The van der Waals surface area contributed by atoms with Gasteiger partial charge in [0.15, 0.2) is 10.6 Å². The molecule has 136 valence electrons. The average molecular weight is 439 g/mol. The van der Waals surface area contributed by atoms with E-state index in [9.17, 15) is 9.18 Å². The Bertz CT molecular complexity index is 975. The maximum atomic E-state index is 13.5. The Kier molecular flexibility index (Phi) is 5.62. The first-order valence-electron chi connectivity index (χ1n) is 7.92. The third kappa shape index (κ3) is 4.25. The number of aromatic nitrogens is 5. The van der Waals surface area contributed by atoms with Crippen molar-refractivity contribution in [3.05, 3.63) is 45.2 Å². The molecule has 7 nitrogen and oxygen atoms in total. The largest absolute Gasteiger partial charge is 0.308 e. The van der Waals surface area contributed by atoms with E-state index in [1.165, 1.54) is 12.1 Å². The number of anilines is 1. The van der Waals surface area contributed by atoms with Crippen LogP contribution in [-0.4, -0.2) is 30.9 Å². The van der Waals surface area contributed by atoms with E-state index >= 15 is 0 Å². The molecule has 0 atom stereocenters. The van der Waals surface area contributed by atoms with Crippen LogP contribution in [0, 0.1) is 10.6 Å². The van der Waals surface area contributed by atoms with Crippen molar-refractivity contribution in [1.82, 2.24) is 25.0 Å². The fraction of sp³-hybridized carbons (Fsp3) is 0.250. The highest BCUT2D eigenvalue weighted by atomic mass is 79.9. The smallest absolute Gasteiger partial charge is 0.245 e. The Morgan fingerprint density at radius 3 is 2.85 bits per heavy atom. The molecule has 0 saturated carbocycles. The van der Waals surface area contributed by atoms with Gasteiger partial charge in [0.1, 0.15) is 18.2 Å². The summed E-state index contributed by atoms with van der Waals surface area (Å²) < 4.78 is 16.2. The number of amides is 1. The van der Waals surface area contributed by atoms with Crippen LogP contribution in [0.3, 0.4) is 0 Å². The van der Waals surface area contributed by atoms with Gasteiger partial charge >= 0.3 is 0 Å². The third-order valence-corrected chi connectivity index (χ3v) is 4.40. The number of benzene rings is 1. The van der Waals surface area contributed by atoms with Gasteiger partial charge in [-0.05, 0) is 36.8 Å². The number of nitrogens with one attached hydrogen (secondary N) is 3. The van der Waals surface area contributed by atoms with Gasteiger partial charge in [-0.25, -0.2) is 4.39 Å². The fourth-order valence-electron chi connectivity index (χ4n) is 2.50. The van der Waals surface area contributed by atoms with Crippen LogP contribution >= 0.6 is 28.1 Å². The minimum Gasteiger partial charge on any atom is -0.308 e. The molecule has 3 rings (SSSR count). The second-order valence-corrected chi connectivity index (χ2v) is 6.96. The number of aryl methyl sites for hydroxylation is 1. The topological polar surface area (TPSA) is 91.4 Å². The van der Waals surface area contributed by atoms with Crippen molar-refractivity contribution >= 4 is 39.9 Å². The van der Waals surface area contributed by atoms with Crippen molar-refractivity contribution in [1.29, 1.82) is 0 Å². The number of hydrogen-bond donors (Lipinski definition) is 3. The molecule has 1 amide bonds. The van der Waals surface area contributed by atoms with Crippen LogP contribution in [0.15, 0.2) is 28.7 Å². The highest BCUT2D eigenvalue weighted by Gasteiger charge is 2.12. The maximum Gasteiger partial charge on any atom is 0.245 e. The van der Waals surface area contributed by atoms with Crippen LogP contribution in [0.5, 0.6) is 0 Å². The van der Waals surface area contributed by atoms with E-state index in [0.717, 1.165) is 18.7 Å². The van der Waals surface area contributed by atoms with Gasteiger partial charge in [-0.2, -0.15) is 10.2 Å². The molecule has 0 spiro atoms. The van der Waals surface area contributed by atoms with E-state index in [1.54, 1.807) is 16.7 Å². The van der Waals surface area contributed by atoms with Gasteiger partial charge in [0.05, 0.1) is 5.69 Å². The summed E-state index contributed by atoms with van der Waals surface area (Å²) in [5.41, 5.74) is 1.21. The molecule has 0 aliphatic heterocycles. The predicted octanol–water partition coefficient (Wildman–Crippen LogP) is 3.82. The number of carbonyl (C=O) groups excluding carboxylic acids is 1. The molecule has 0 aliphatic rings. The van der Waals surface area contributed by atoms with Crippen molar-refractivity contribution in [3.63, 3.8) is 0 Å². The summed E-state index contributed by atoms with van der Waals surface area (Å²) in [6, 6.07) is 6.14. The van der Waals surface area contributed by atoms with Crippen molar-refractivity contribution in [3.8, 4) is 11.3 Å². The number of halogens is 2. The van der Waals surface area contributed by atoms with Crippen LogP contribution in [0.25, 0.3) is 11.3 Å². The Hall–Kier alpha value is -2.33. The molecular weight excluding hydrogens is 423 g/mol. The van der Waals surface area contributed by atoms with E-state index in [0.29, 0.717) is 26.3 Å². The number of H-pyrrole nitrogens is 2. The van der Waals surface area contributed by atoms with Crippen LogP contribution in [0.4, 0.5) is 10.2 Å². The Morgan fingerprint density at radius 1 is 1.31 bits per heavy atom. The number of rotatable bonds is 6. The van der Waals surface area contributed by atoms with E-state index in [4.69, 9.17) is 12.2 Å². The van der Waals surface area contributed by atoms with Crippen LogP contribution in [0.2, 0.25) is 0 Å². The third-order valence-electron chi connectivity index (χ3n) is 3.63. The molecule has 3 aromatic rings. The molecule has 2 aromatic heterocycles. The Morgan fingerprint density at radius 2 is 2.12 bits per heavy atom. The summed E-state index contributed by atoms with van der Waals surface area (Å²) in [5.74, 6) is 0.433. The molecule has 26 heavy (non-hydrogen) atoms. The van der Waals surface area contributed by atoms with E-state index in [2.05, 4.69) is 41.6 Å². The molecule has 0 radical (unpaired) electrons. The molecule has 0 bridgehead atoms. The molecule has 1 aromatic carbocycles. The molecule has 0 fully saturated rings. The summed E-state index contributed by atoms with van der Waals surface area (Å²) >= 11 is 8.42. The molecule has 0 aliphatic carbocycles. The molecule has 3 N–H and O–H groups in total. The predicted molar refractivity (Wildman–Crippen MR) is 102 cm³/mol. The first kappa shape index (κ1) is 18.5. The lowest BCUT2D eigenvalue weighted by atomic mass is 10.1. The van der Waals surface area contributed by atoms with Gasteiger partial charge in [-0.15, -0.1) is 0 Å². The first-order valence-corrected chi connectivity index (χ1v) is 9.12. The van der Waals surface area contributed by atoms with Crippen LogP contribution in [-0.2, 0) is 17.8 Å². The standard InChI is InChI=1S/C16H16BrFN6OS/c1-2-3-14-22-23-16(26)24(14)8-15(25)19-13-7-12(20-21-13)9-4-10(17)6-11(18)5-9/h4-7H,2-3,8H2,1H3,(H,23,26)(H2,19,20,21,25). The lowest BCUT2D eigenvalue weighted by Gasteiger charge is -2.05. The lowest BCUT2D eigenvalue weighted by molar-refractivity contribution is -0.116. The molecule has 2 heterocycles. The first-order chi connectivity index (χ1) is 12.5. The van der Waals surface area contributed by atoms with Gasteiger partial charge in [-0.3, -0.25) is 19.6 Å². The Balaban J connectivity index is 1.72. The molecule has 0 unspecified atom stereocenters. The zero-order valence-corrected chi connectivity index (χ0v) is 16.2. The van der Waals surface area contributed by atoms with Crippen LogP contribution in [0.1, 0.15) is 19.2 Å². The molecule has 10 heteroatoms. The highest BCUT2D eigenvalue weighted by Crippen LogP contribution is 2.24. The van der Waals surface area contributed by atoms with Crippen molar-refractivity contribution in [2.75, 3.05) is 5.32 Å². The molecular formula is C16H16BrFN6OS. The summed E-state index contributed by atoms with van der Waals surface area (Å²) in [6.45, 7) is 2.07. The number of hydrogen-bond acceptors (Lipinski definition) is 4. The summed E-state index contributed by atoms with van der Waals surface area (Å²) in [5, 5.41) is 16.4. The van der Waals surface area contributed by atoms with Gasteiger partial charge < -0.3 is 5.32 Å². The zero-order valence-electron chi connectivity index (χ0n) is 13.8. The fourth-order valence-corrected chi connectivity index (χ4v) is 3.18. The number of aromatic amines is 2. The molecule has 0 saturated heterocycles. The van der Waals surface area contributed by atoms with Gasteiger partial charge in [0.25, 0.3) is 0 Å². The quantitative estimate of drug-likeness (QED) is 0.510. The van der Waals surface area contributed by atoms with E-state index in [1.807, 2.05) is 6.92 Å². The van der Waals surface area contributed by atoms with E-state index < -0.39 is 0 Å². The average Bonchev–Trinajstić information content (AvgIpc) is 3.16. The van der Waals surface area contributed by atoms with Gasteiger partial charge in [0, 0.05) is 22.5 Å². The lowest BCUT2D eigenvalue weighted by Crippen LogP contribution is -2.20. The minimum atomic E-state index is -0.368. The maximum absolute atomic E-state index is 13.5. The van der Waals surface area contributed by atoms with E-state index in [-0.39, 0.29) is 18.3 Å². The highest BCUT2D eigenvalue weighted by molar-refractivity contribution is 9.10. The summed E-state index contributed by atoms with van der Waals surface area (Å²) in [6.07, 6.45) is 1.62. The van der Waals surface area contributed by atoms with Crippen molar-refractivity contribution in [2.45, 2.75) is 26.3 Å². The van der Waals surface area contributed by atoms with Gasteiger partial charge in [0.2, 0.25) is 5.91 Å². The summed E-state index contributed by atoms with van der Waals surface area (Å²) in [7, 11) is 0. The normalized spacial score (nSPS) is 10.9. The van der Waals surface area contributed by atoms with Gasteiger partial charge in [-0.1, -0.05) is 22.9 Å². The van der Waals surface area contributed by atoms with Crippen molar-refractivity contribution < 1.29 is 9.18 Å². The second kappa shape index (κ2) is 7.92. The number of carbonyl (C=O) groups is 1. The minimum absolute atomic E-state index is 0.0401. The number of nitrogens with zero attached hydrogens (tertiary/aromatic N) is 3. The monoisotopic (exact) mass is 438 g/mol.